The highest BCUT2D eigenvalue weighted by atomic mass is 31.2. The maximum atomic E-state index is 12.4. The van der Waals surface area contributed by atoms with Crippen LogP contribution < -0.4 is 5.73 Å². The van der Waals surface area contributed by atoms with Crippen molar-refractivity contribution in [2.75, 3.05) is 32.3 Å². The van der Waals surface area contributed by atoms with Crippen molar-refractivity contribution in [2.45, 2.75) is 20.3 Å². The number of likely N-dealkylation sites (N-methyl/N-ethyl adjacent to an activating group) is 1. The Balaban J connectivity index is 1.97. The molecule has 8 heteroatoms. The molecule has 2 aliphatic rings. The SMILES string of the molecule is CCOP(=O)(CON(C)C(=O)Cc1ccc2cc(N)cc-2cc1)OCC. The molecule has 0 fully saturated rings. The number of fused-ring (bicyclic) bond motifs is 1. The number of rotatable bonds is 9. The molecular weight excluding hydrogens is 355 g/mol. The Morgan fingerprint density at radius 1 is 1.08 bits per heavy atom. The topological polar surface area (TPSA) is 91.1 Å². The summed E-state index contributed by atoms with van der Waals surface area (Å²) in [6.07, 6.45) is -0.163. The highest BCUT2D eigenvalue weighted by Crippen LogP contribution is 2.47. The minimum absolute atomic E-state index is 0.150. The van der Waals surface area contributed by atoms with E-state index in [2.05, 4.69) is 0 Å². The Hall–Kier alpha value is -1.92. The zero-order valence-electron chi connectivity index (χ0n) is 15.3. The molecule has 2 aliphatic carbocycles. The first-order chi connectivity index (χ1) is 12.4. The van der Waals surface area contributed by atoms with Crippen molar-refractivity contribution in [1.82, 2.24) is 5.06 Å². The minimum Gasteiger partial charge on any atom is -0.399 e. The van der Waals surface area contributed by atoms with Crippen LogP contribution in [0.2, 0.25) is 0 Å². The normalized spacial score (nSPS) is 11.7. The third-order valence-corrected chi connectivity index (χ3v) is 5.43. The molecule has 0 heterocycles. The van der Waals surface area contributed by atoms with Crippen molar-refractivity contribution < 1.29 is 23.2 Å². The van der Waals surface area contributed by atoms with Crippen LogP contribution in [0.4, 0.5) is 5.69 Å². The standard InChI is InChI=1S/C18H25N2O5P/c1-4-24-26(22,25-5-2)13-23-20(3)18(21)10-14-6-8-15-11-17(19)12-16(15)9-7-14/h6-9,11-12H,4-5,10,13,19H2,1-3H3. The molecule has 2 rings (SSSR count). The lowest BCUT2D eigenvalue weighted by atomic mass is 10.2. The Morgan fingerprint density at radius 3 is 2.12 bits per heavy atom. The van der Waals surface area contributed by atoms with E-state index in [1.54, 1.807) is 13.8 Å². The molecule has 0 aromatic carbocycles. The molecule has 0 unspecified atom stereocenters. The number of anilines is 1. The summed E-state index contributed by atoms with van der Waals surface area (Å²) in [7, 11) is -1.88. The van der Waals surface area contributed by atoms with Gasteiger partial charge in [0.15, 0.2) is 6.35 Å². The molecule has 0 atom stereocenters. The van der Waals surface area contributed by atoms with Crippen molar-refractivity contribution in [2.24, 2.45) is 0 Å². The molecule has 0 bridgehead atoms. The molecule has 7 nitrogen and oxygen atoms in total. The van der Waals surface area contributed by atoms with Crippen LogP contribution in [0.3, 0.4) is 0 Å². The largest absolute Gasteiger partial charge is 0.399 e. The van der Waals surface area contributed by atoms with Gasteiger partial charge in [-0.25, -0.2) is 5.06 Å². The van der Waals surface area contributed by atoms with E-state index in [1.807, 2.05) is 36.4 Å². The minimum atomic E-state index is -3.36. The van der Waals surface area contributed by atoms with Crippen LogP contribution >= 0.6 is 7.60 Å². The highest BCUT2D eigenvalue weighted by Gasteiger charge is 2.26. The van der Waals surface area contributed by atoms with Gasteiger partial charge in [-0.2, -0.15) is 0 Å². The summed E-state index contributed by atoms with van der Waals surface area (Å²) >= 11 is 0. The predicted molar refractivity (Wildman–Crippen MR) is 101 cm³/mol. The summed E-state index contributed by atoms with van der Waals surface area (Å²) in [6, 6.07) is 11.4. The maximum Gasteiger partial charge on any atom is 0.358 e. The molecule has 0 radical (unpaired) electrons. The Bertz CT molecular complexity index is 723. The summed E-state index contributed by atoms with van der Waals surface area (Å²) in [5.41, 5.74) is 9.35. The monoisotopic (exact) mass is 380 g/mol. The number of hydrogen-bond donors (Lipinski definition) is 1. The number of amides is 1. The third kappa shape index (κ3) is 5.54. The molecule has 0 aliphatic heterocycles. The molecular formula is C18H25N2O5P. The quantitative estimate of drug-likeness (QED) is 0.529. The molecule has 0 aromatic heterocycles. The number of hydrogen-bond acceptors (Lipinski definition) is 6. The van der Waals surface area contributed by atoms with Gasteiger partial charge in [-0.15, -0.1) is 0 Å². The first-order valence-corrected chi connectivity index (χ1v) is 10.2. The van der Waals surface area contributed by atoms with Crippen LogP contribution in [0.5, 0.6) is 0 Å². The zero-order chi connectivity index (χ0) is 19.2. The molecule has 0 aromatic rings. The first-order valence-electron chi connectivity index (χ1n) is 8.42. The van der Waals surface area contributed by atoms with Crippen molar-refractivity contribution in [1.29, 1.82) is 0 Å². The Kier molecular flexibility index (Phi) is 7.17. The number of nitrogen functional groups attached to an aromatic ring is 1. The Morgan fingerprint density at radius 2 is 1.62 bits per heavy atom. The van der Waals surface area contributed by atoms with Gasteiger partial charge < -0.3 is 14.8 Å². The van der Waals surface area contributed by atoms with Crippen LogP contribution in [0.1, 0.15) is 19.4 Å². The molecule has 0 saturated carbocycles. The summed E-state index contributed by atoms with van der Waals surface area (Å²) in [5.74, 6) is -0.269. The van der Waals surface area contributed by atoms with Gasteiger partial charge in [0.2, 0.25) is 5.91 Å². The fourth-order valence-corrected chi connectivity index (χ4v) is 3.77. The van der Waals surface area contributed by atoms with E-state index in [0.717, 1.165) is 21.8 Å². The van der Waals surface area contributed by atoms with Gasteiger partial charge in [0.1, 0.15) is 0 Å². The fourth-order valence-electron chi connectivity index (χ4n) is 2.44. The average Bonchev–Trinajstić information content (AvgIpc) is 2.85. The van der Waals surface area contributed by atoms with Gasteiger partial charge in [0.25, 0.3) is 0 Å². The van der Waals surface area contributed by atoms with Crippen LogP contribution in [0, 0.1) is 0 Å². The Labute approximate surface area is 153 Å². The summed E-state index contributed by atoms with van der Waals surface area (Å²) in [5, 5.41) is 1.06. The molecule has 2 N–H and O–H groups in total. The number of nitrogens with two attached hydrogens (primary N) is 1. The van der Waals surface area contributed by atoms with Crippen molar-refractivity contribution in [3.8, 4) is 11.1 Å². The third-order valence-electron chi connectivity index (χ3n) is 3.70. The van der Waals surface area contributed by atoms with Crippen LogP contribution in [-0.4, -0.2) is 37.6 Å². The van der Waals surface area contributed by atoms with Gasteiger partial charge in [-0.05, 0) is 42.7 Å². The van der Waals surface area contributed by atoms with E-state index in [0.29, 0.717) is 5.69 Å². The van der Waals surface area contributed by atoms with Gasteiger partial charge >= 0.3 is 7.60 Å². The maximum absolute atomic E-state index is 12.4. The van der Waals surface area contributed by atoms with E-state index in [9.17, 15) is 9.36 Å². The van der Waals surface area contributed by atoms with E-state index < -0.39 is 7.60 Å². The second-order valence-corrected chi connectivity index (χ2v) is 7.71. The predicted octanol–water partition coefficient (Wildman–Crippen LogP) is 3.53. The zero-order valence-corrected chi connectivity index (χ0v) is 16.2. The molecule has 0 spiro atoms. The van der Waals surface area contributed by atoms with Gasteiger partial charge in [0, 0.05) is 12.7 Å². The summed E-state index contributed by atoms with van der Waals surface area (Å²) < 4.78 is 22.6. The molecule has 142 valence electrons. The van der Waals surface area contributed by atoms with Gasteiger partial charge in [0.05, 0.1) is 19.6 Å². The fraction of sp³-hybridized carbons (Fsp3) is 0.389. The van der Waals surface area contributed by atoms with Crippen molar-refractivity contribution in [3.05, 3.63) is 42.0 Å². The number of nitrogens with zero attached hydrogens (tertiary/aromatic N) is 1. The average molecular weight is 380 g/mol. The number of hydroxylamine groups is 2. The van der Waals surface area contributed by atoms with Crippen LogP contribution in [0.25, 0.3) is 11.1 Å². The second kappa shape index (κ2) is 9.14. The summed E-state index contributed by atoms with van der Waals surface area (Å²) in [6.45, 7) is 3.90. The summed E-state index contributed by atoms with van der Waals surface area (Å²) in [4.78, 5) is 17.6. The van der Waals surface area contributed by atoms with Crippen molar-refractivity contribution in [3.63, 3.8) is 0 Å². The lowest BCUT2D eigenvalue weighted by molar-refractivity contribution is -0.172. The number of carbonyl (C=O) groups is 1. The van der Waals surface area contributed by atoms with Gasteiger partial charge in [-0.3, -0.25) is 14.2 Å². The van der Waals surface area contributed by atoms with E-state index >= 15 is 0 Å². The number of carbonyl (C=O) groups excluding carboxylic acids is 1. The lowest BCUT2D eigenvalue weighted by Gasteiger charge is -2.21. The highest BCUT2D eigenvalue weighted by molar-refractivity contribution is 7.53. The van der Waals surface area contributed by atoms with E-state index in [4.69, 9.17) is 19.6 Å². The van der Waals surface area contributed by atoms with Crippen LogP contribution in [0.15, 0.2) is 36.4 Å². The van der Waals surface area contributed by atoms with Crippen molar-refractivity contribution >= 4 is 19.2 Å². The second-order valence-electron chi connectivity index (χ2n) is 5.71. The molecule has 1 amide bonds. The lowest BCUT2D eigenvalue weighted by Crippen LogP contribution is -2.29. The molecule has 26 heavy (non-hydrogen) atoms. The van der Waals surface area contributed by atoms with E-state index in [-0.39, 0.29) is 31.9 Å². The smallest absolute Gasteiger partial charge is 0.358 e. The molecule has 0 saturated heterocycles. The first kappa shape index (κ1) is 20.4. The van der Waals surface area contributed by atoms with E-state index in [1.165, 1.54) is 7.05 Å². The van der Waals surface area contributed by atoms with Crippen LogP contribution in [-0.2, 0) is 29.7 Å². The van der Waals surface area contributed by atoms with Gasteiger partial charge in [-0.1, -0.05) is 24.3 Å².